The van der Waals surface area contributed by atoms with E-state index < -0.39 is 37.4 Å². The molecule has 0 bridgehead atoms. The number of rotatable bonds is 8. The van der Waals surface area contributed by atoms with Gasteiger partial charge in [-0.15, -0.1) is 20.2 Å². The van der Waals surface area contributed by atoms with Crippen LogP contribution in [-0.2, 0) is 34.0 Å². The van der Waals surface area contributed by atoms with Crippen molar-refractivity contribution in [1.29, 1.82) is 0 Å². The Balaban J connectivity index is 0. The summed E-state index contributed by atoms with van der Waals surface area (Å²) in [5, 5.41) is 27.0. The van der Waals surface area contributed by atoms with Gasteiger partial charge in [0.2, 0.25) is 0 Å². The van der Waals surface area contributed by atoms with E-state index in [0.29, 0.717) is 0 Å². The second-order valence-electron chi connectivity index (χ2n) is 2.26. The van der Waals surface area contributed by atoms with Gasteiger partial charge in [-0.05, 0) is 0 Å². The van der Waals surface area contributed by atoms with Crippen molar-refractivity contribution in [3.63, 3.8) is 0 Å². The van der Waals surface area contributed by atoms with Crippen molar-refractivity contribution in [1.82, 2.24) is 0 Å². The third kappa shape index (κ3) is 10.6. The van der Waals surface area contributed by atoms with Crippen LogP contribution >= 0.6 is 0 Å². The molecule has 0 radical (unpaired) electrons. The maximum absolute atomic E-state index is 10.9. The van der Waals surface area contributed by atoms with Gasteiger partial charge in [-0.1, -0.05) is 0 Å². The summed E-state index contributed by atoms with van der Waals surface area (Å²) in [5.74, 6) is -0.874. The molecule has 0 heterocycles. The van der Waals surface area contributed by atoms with Crippen LogP contribution in [-0.4, -0.2) is 32.8 Å². The summed E-state index contributed by atoms with van der Waals surface area (Å²) in [4.78, 5) is 27.4. The first-order chi connectivity index (χ1) is 7.26. The molecule has 94 valence electrons. The minimum atomic E-state index is -3.77. The van der Waals surface area contributed by atoms with Crippen LogP contribution in [0.25, 0.3) is 0 Å². The zero-order valence-electron chi connectivity index (χ0n) is 8.38. The molecule has 0 amide bonds. The minimum absolute atomic E-state index is 0. The Hall–Kier alpha value is -0.310. The van der Waals surface area contributed by atoms with Gasteiger partial charge < -0.3 is 19.3 Å². The molecular formula is C3H5N2NaO9S2. The third-order valence-electron chi connectivity index (χ3n) is 1.09. The van der Waals surface area contributed by atoms with Gasteiger partial charge in [-0.2, -0.15) is 0 Å². The van der Waals surface area contributed by atoms with Crippen LogP contribution in [0.5, 0.6) is 0 Å². The average Bonchev–Trinajstić information content (AvgIpc) is 2.13. The Bertz CT molecular complexity index is 357. The Morgan fingerprint density at radius 2 is 1.82 bits per heavy atom. The maximum Gasteiger partial charge on any atom is 1.00 e. The first-order valence-electron chi connectivity index (χ1n) is 3.39. The molecule has 0 fully saturated rings. The van der Waals surface area contributed by atoms with Gasteiger partial charge in [0.15, 0.2) is 0 Å². The summed E-state index contributed by atoms with van der Waals surface area (Å²) in [7, 11) is -3.77. The largest absolute Gasteiger partial charge is 1.00 e. The predicted molar refractivity (Wildman–Crippen MR) is 46.3 cm³/mol. The van der Waals surface area contributed by atoms with Crippen LogP contribution in [0.2, 0.25) is 0 Å². The van der Waals surface area contributed by atoms with Crippen LogP contribution < -0.4 is 34.8 Å². The minimum Gasteiger partial charge on any atom is -0.709 e. The summed E-state index contributed by atoms with van der Waals surface area (Å²) in [6, 6.07) is 0. The number of hydrogen-bond donors (Lipinski definition) is 0. The molecule has 0 aromatic heterocycles. The van der Waals surface area contributed by atoms with Crippen LogP contribution in [0.4, 0.5) is 0 Å². The van der Waals surface area contributed by atoms with Gasteiger partial charge in [-0.3, -0.25) is 0 Å². The molecule has 0 aliphatic carbocycles. The molecule has 17 heavy (non-hydrogen) atoms. The van der Waals surface area contributed by atoms with Crippen molar-refractivity contribution in [2.75, 3.05) is 12.4 Å². The Labute approximate surface area is 121 Å². The van der Waals surface area contributed by atoms with Crippen LogP contribution in [0.3, 0.4) is 0 Å². The summed E-state index contributed by atoms with van der Waals surface area (Å²) in [5.41, 5.74) is 0. The molecule has 0 saturated carbocycles. The second-order valence-corrected chi connectivity index (χ2v) is 5.37. The van der Waals surface area contributed by atoms with Gasteiger partial charge in [-0.25, -0.2) is 4.21 Å². The quantitative estimate of drug-likeness (QED) is 0.184. The fraction of sp³-hybridized carbons (Fsp3) is 1.00. The molecule has 0 aliphatic rings. The predicted octanol–water partition coefficient (Wildman–Crippen LogP) is -5.27. The van der Waals surface area contributed by atoms with Crippen LogP contribution in [0.15, 0.2) is 0 Å². The van der Waals surface area contributed by atoms with E-state index in [-0.39, 0.29) is 29.6 Å². The van der Waals surface area contributed by atoms with E-state index >= 15 is 0 Å². The summed E-state index contributed by atoms with van der Waals surface area (Å²) < 4.78 is 14.1. The zero-order valence-corrected chi connectivity index (χ0v) is 12.0. The van der Waals surface area contributed by atoms with Crippen molar-refractivity contribution >= 4 is 20.0 Å². The van der Waals surface area contributed by atoms with Crippen LogP contribution in [0, 0.1) is 20.2 Å². The first-order valence-corrected chi connectivity index (χ1v) is 5.97. The molecule has 0 spiro atoms. The molecule has 0 saturated heterocycles. The summed E-state index contributed by atoms with van der Waals surface area (Å²) >= 11 is 4.12. The molecule has 2 unspecified atom stereocenters. The Morgan fingerprint density at radius 3 is 2.18 bits per heavy atom. The SMILES string of the molecule is O=[N+]([O-])OCC(CS(=O)(=S)O[O-])O[N+](=O)[O-].[Na+]. The van der Waals surface area contributed by atoms with E-state index in [1.54, 1.807) is 0 Å². The van der Waals surface area contributed by atoms with Gasteiger partial charge in [0, 0.05) is 11.2 Å². The fourth-order valence-corrected chi connectivity index (χ4v) is 1.75. The van der Waals surface area contributed by atoms with Crippen molar-refractivity contribution in [2.24, 2.45) is 0 Å². The standard InChI is InChI=1S/C3H6N2O9S2.Na/c6-4(7)12-1-3(13-5(8)9)2-16(11,15)14-10;/h3,10H,1-2H2;/q;+1/p-1. The molecule has 0 rings (SSSR count). The first kappa shape index (κ1) is 19.0. The monoisotopic (exact) mass is 300 g/mol. The van der Waals surface area contributed by atoms with E-state index in [9.17, 15) is 29.7 Å². The third-order valence-corrected chi connectivity index (χ3v) is 2.66. The molecule has 0 aromatic carbocycles. The van der Waals surface area contributed by atoms with E-state index in [2.05, 4.69) is 25.2 Å². The summed E-state index contributed by atoms with van der Waals surface area (Å²) in [6.07, 6.45) is -1.63. The Kier molecular flexibility index (Phi) is 9.78. The second kappa shape index (κ2) is 8.73. The molecule has 11 nitrogen and oxygen atoms in total. The zero-order chi connectivity index (χ0) is 12.8. The van der Waals surface area contributed by atoms with Gasteiger partial charge in [0.1, 0.15) is 21.5 Å². The normalized spacial score (nSPS) is 14.9. The van der Waals surface area contributed by atoms with Crippen molar-refractivity contribution < 1.29 is 63.2 Å². The smallest absolute Gasteiger partial charge is 0.709 e. The van der Waals surface area contributed by atoms with Gasteiger partial charge >= 0.3 is 29.6 Å². The topological polar surface area (TPSA) is 154 Å². The van der Waals surface area contributed by atoms with Crippen molar-refractivity contribution in [2.45, 2.75) is 6.10 Å². The van der Waals surface area contributed by atoms with Gasteiger partial charge in [0.05, 0.1) is 5.75 Å². The van der Waals surface area contributed by atoms with E-state index in [1.807, 2.05) is 0 Å². The molecule has 0 aliphatic heterocycles. The molecule has 14 heteroatoms. The van der Waals surface area contributed by atoms with Gasteiger partial charge in [0.25, 0.3) is 10.2 Å². The van der Waals surface area contributed by atoms with E-state index in [0.717, 1.165) is 0 Å². The van der Waals surface area contributed by atoms with Crippen LogP contribution in [0.1, 0.15) is 0 Å². The van der Waals surface area contributed by atoms with E-state index in [4.69, 9.17) is 0 Å². The number of hydrogen-bond acceptors (Lipinski definition) is 10. The van der Waals surface area contributed by atoms with Crippen molar-refractivity contribution in [3.05, 3.63) is 20.2 Å². The maximum atomic E-state index is 10.9. The molecule has 2 atom stereocenters. The number of nitrogens with zero attached hydrogens (tertiary/aromatic N) is 2. The average molecular weight is 300 g/mol. The summed E-state index contributed by atoms with van der Waals surface area (Å²) in [6.45, 7) is -0.898. The molecular weight excluding hydrogens is 295 g/mol. The molecule has 0 aromatic rings. The molecule has 0 N–H and O–H groups in total. The fourth-order valence-electron chi connectivity index (χ4n) is 0.630. The van der Waals surface area contributed by atoms with E-state index in [1.165, 1.54) is 0 Å². The Morgan fingerprint density at radius 1 is 1.29 bits per heavy atom. The van der Waals surface area contributed by atoms with Crippen molar-refractivity contribution in [3.8, 4) is 0 Å².